The third-order valence-electron chi connectivity index (χ3n) is 4.52. The standard InChI is InChI=1S/C20H18F2N4O3S.H2/c1-3-30(27,28)24-15-6-8-18(29-19-7-5-14(21)10-17(19)22)16(11-15)13-4-9-20-23-25(2)26(20)12-13;/h4-12,24H,3H2,1-2H3;1H. The summed E-state index contributed by atoms with van der Waals surface area (Å²) in [5.74, 6) is -1.51. The molecule has 2 heterocycles. The molecule has 2 aromatic heterocycles. The van der Waals surface area contributed by atoms with Crippen LogP contribution in [0.1, 0.15) is 8.35 Å². The zero-order valence-electron chi connectivity index (χ0n) is 16.1. The van der Waals surface area contributed by atoms with E-state index in [-0.39, 0.29) is 18.7 Å². The van der Waals surface area contributed by atoms with E-state index in [4.69, 9.17) is 4.74 Å². The summed E-state index contributed by atoms with van der Waals surface area (Å²) < 4.78 is 61.3. The number of sulfonamides is 1. The van der Waals surface area contributed by atoms with Crippen LogP contribution < -0.4 is 9.46 Å². The van der Waals surface area contributed by atoms with E-state index in [2.05, 4.69) is 9.82 Å². The Morgan fingerprint density at radius 1 is 1.10 bits per heavy atom. The maximum Gasteiger partial charge on any atom is 0.232 e. The molecule has 10 heteroatoms. The number of aromatic nitrogens is 3. The molecule has 4 aromatic rings. The molecule has 0 bridgehead atoms. The van der Waals surface area contributed by atoms with E-state index in [1.807, 2.05) is 0 Å². The Balaban J connectivity index is 0.00000272. The van der Waals surface area contributed by atoms with Gasteiger partial charge in [0.15, 0.2) is 17.2 Å². The minimum absolute atomic E-state index is 0. The topological polar surface area (TPSA) is 77.6 Å². The van der Waals surface area contributed by atoms with Crippen LogP contribution in [0.2, 0.25) is 0 Å². The number of fused-ring (bicyclic) bond motifs is 1. The third-order valence-corrected chi connectivity index (χ3v) is 5.83. The van der Waals surface area contributed by atoms with Gasteiger partial charge in [-0.1, -0.05) is 0 Å². The van der Waals surface area contributed by atoms with Crippen molar-refractivity contribution in [2.24, 2.45) is 7.05 Å². The largest absolute Gasteiger partial charge is 0.454 e. The van der Waals surface area contributed by atoms with Gasteiger partial charge in [-0.15, -0.1) is 5.10 Å². The first-order chi connectivity index (χ1) is 14.3. The molecule has 0 spiro atoms. The Morgan fingerprint density at radius 3 is 2.57 bits per heavy atom. The molecule has 158 valence electrons. The minimum atomic E-state index is -3.49. The predicted molar refractivity (Wildman–Crippen MR) is 111 cm³/mol. The molecule has 30 heavy (non-hydrogen) atoms. The number of halogens is 2. The lowest BCUT2D eigenvalue weighted by molar-refractivity contribution is 0.439. The second kappa shape index (κ2) is 7.45. The van der Waals surface area contributed by atoms with Crippen molar-refractivity contribution < 1.29 is 23.4 Å². The number of pyridine rings is 1. The quantitative estimate of drug-likeness (QED) is 0.487. The van der Waals surface area contributed by atoms with Gasteiger partial charge >= 0.3 is 0 Å². The van der Waals surface area contributed by atoms with Gasteiger partial charge in [0.25, 0.3) is 0 Å². The summed E-state index contributed by atoms with van der Waals surface area (Å²) in [6.45, 7) is 1.53. The monoisotopic (exact) mass is 434 g/mol. The molecule has 2 aromatic carbocycles. The van der Waals surface area contributed by atoms with Crippen LogP contribution in [0.3, 0.4) is 0 Å². The second-order valence-electron chi connectivity index (χ2n) is 6.60. The van der Waals surface area contributed by atoms with Gasteiger partial charge in [0, 0.05) is 37.6 Å². The van der Waals surface area contributed by atoms with Gasteiger partial charge in [-0.25, -0.2) is 26.5 Å². The summed E-state index contributed by atoms with van der Waals surface area (Å²) in [6.07, 6.45) is 1.80. The average molecular weight is 434 g/mol. The fourth-order valence-electron chi connectivity index (χ4n) is 2.95. The van der Waals surface area contributed by atoms with E-state index in [0.717, 1.165) is 17.8 Å². The van der Waals surface area contributed by atoms with Crippen molar-refractivity contribution in [3.63, 3.8) is 0 Å². The number of nitrogens with one attached hydrogen (secondary N) is 1. The third kappa shape index (κ3) is 3.86. The van der Waals surface area contributed by atoms with Gasteiger partial charge in [-0.05, 0) is 49.4 Å². The number of hydrogen-bond acceptors (Lipinski definition) is 4. The summed E-state index contributed by atoms with van der Waals surface area (Å²) in [5, 5.41) is 4.20. The Labute approximate surface area is 173 Å². The summed E-state index contributed by atoms with van der Waals surface area (Å²) in [4.78, 5) is 1.63. The summed E-state index contributed by atoms with van der Waals surface area (Å²) in [6, 6.07) is 11.3. The first-order valence-corrected chi connectivity index (χ1v) is 10.7. The Kier molecular flexibility index (Phi) is 4.94. The number of aryl methyl sites for hydroxylation is 1. The summed E-state index contributed by atoms with van der Waals surface area (Å²) in [7, 11) is -1.72. The normalized spacial score (nSPS) is 11.7. The molecular formula is C20H20F2N4O3S. The molecule has 0 amide bonds. The lowest BCUT2D eigenvalue weighted by Gasteiger charge is -2.17. The first-order valence-electron chi connectivity index (χ1n) is 9.05. The zero-order valence-corrected chi connectivity index (χ0v) is 17.0. The van der Waals surface area contributed by atoms with Crippen LogP contribution in [0.5, 0.6) is 11.5 Å². The molecule has 0 fully saturated rings. The molecule has 1 N–H and O–H groups in total. The lowest BCUT2D eigenvalue weighted by Crippen LogP contribution is -2.17. The molecule has 0 radical (unpaired) electrons. The van der Waals surface area contributed by atoms with E-state index >= 15 is 0 Å². The van der Waals surface area contributed by atoms with Crippen molar-refractivity contribution in [3.05, 3.63) is 66.4 Å². The van der Waals surface area contributed by atoms with Crippen molar-refractivity contribution in [2.75, 3.05) is 10.5 Å². The lowest BCUT2D eigenvalue weighted by atomic mass is 10.1. The van der Waals surface area contributed by atoms with Gasteiger partial charge in [-0.3, -0.25) is 4.72 Å². The number of ether oxygens (including phenoxy) is 1. The van der Waals surface area contributed by atoms with E-state index in [1.54, 1.807) is 40.8 Å². The van der Waals surface area contributed by atoms with Crippen molar-refractivity contribution in [1.29, 1.82) is 0 Å². The Bertz CT molecular complexity index is 1350. The summed E-state index contributed by atoms with van der Waals surface area (Å²) >= 11 is 0. The number of benzene rings is 2. The highest BCUT2D eigenvalue weighted by atomic mass is 32.2. The molecular weight excluding hydrogens is 414 g/mol. The van der Waals surface area contributed by atoms with Crippen molar-refractivity contribution in [3.8, 4) is 22.6 Å². The van der Waals surface area contributed by atoms with Crippen LogP contribution in [0.15, 0.2) is 54.7 Å². The fraction of sp³-hybridized carbons (Fsp3) is 0.150. The average Bonchev–Trinajstić information content (AvgIpc) is 2.70. The van der Waals surface area contributed by atoms with Crippen LogP contribution in [-0.2, 0) is 17.1 Å². The van der Waals surface area contributed by atoms with Crippen LogP contribution >= 0.6 is 0 Å². The van der Waals surface area contributed by atoms with E-state index < -0.39 is 21.7 Å². The highest BCUT2D eigenvalue weighted by Gasteiger charge is 2.15. The number of rotatable bonds is 6. The van der Waals surface area contributed by atoms with Crippen LogP contribution in [0.4, 0.5) is 14.5 Å². The fourth-order valence-corrected chi connectivity index (χ4v) is 3.58. The molecule has 0 unspecified atom stereocenters. The van der Waals surface area contributed by atoms with Gasteiger partial charge in [0.2, 0.25) is 10.0 Å². The van der Waals surface area contributed by atoms with Gasteiger partial charge in [0.1, 0.15) is 11.6 Å². The predicted octanol–water partition coefficient (Wildman–Crippen LogP) is 4.42. The molecule has 0 saturated carbocycles. The van der Waals surface area contributed by atoms with Crippen LogP contribution in [0, 0.1) is 11.6 Å². The van der Waals surface area contributed by atoms with E-state index in [0.29, 0.717) is 16.8 Å². The van der Waals surface area contributed by atoms with E-state index in [1.165, 1.54) is 25.1 Å². The SMILES string of the molecule is CCS(=O)(=O)Nc1ccc(Oc2ccc(F)cc2F)c(-c2ccc3nn(C)n3c2)c1.[HH]. The smallest absolute Gasteiger partial charge is 0.232 e. The molecule has 4 rings (SSSR count). The zero-order chi connectivity index (χ0) is 21.5. The Morgan fingerprint density at radius 2 is 1.87 bits per heavy atom. The van der Waals surface area contributed by atoms with Crippen LogP contribution in [0.25, 0.3) is 16.8 Å². The van der Waals surface area contributed by atoms with Crippen molar-refractivity contribution >= 4 is 21.4 Å². The first kappa shape index (κ1) is 19.9. The molecule has 0 aliphatic rings. The van der Waals surface area contributed by atoms with Crippen LogP contribution in [-0.4, -0.2) is 28.6 Å². The maximum absolute atomic E-state index is 14.1. The van der Waals surface area contributed by atoms with Gasteiger partial charge in [0.05, 0.1) is 5.75 Å². The Hall–Kier alpha value is -3.40. The molecule has 0 aliphatic heterocycles. The molecule has 0 aliphatic carbocycles. The number of anilines is 1. The maximum atomic E-state index is 14.1. The highest BCUT2D eigenvalue weighted by Crippen LogP contribution is 2.37. The van der Waals surface area contributed by atoms with E-state index in [9.17, 15) is 17.2 Å². The van der Waals surface area contributed by atoms with Crippen molar-refractivity contribution in [2.45, 2.75) is 6.92 Å². The number of nitrogens with zero attached hydrogens (tertiary/aromatic N) is 3. The second-order valence-corrected chi connectivity index (χ2v) is 8.61. The summed E-state index contributed by atoms with van der Waals surface area (Å²) in [5.41, 5.74) is 2.29. The highest BCUT2D eigenvalue weighted by molar-refractivity contribution is 7.92. The molecule has 7 nitrogen and oxygen atoms in total. The molecule has 0 saturated heterocycles. The van der Waals surface area contributed by atoms with Gasteiger partial charge in [-0.2, -0.15) is 0 Å². The number of hydrogen-bond donors (Lipinski definition) is 1. The minimum Gasteiger partial charge on any atom is -0.454 e. The van der Waals surface area contributed by atoms with Crippen molar-refractivity contribution in [1.82, 2.24) is 14.4 Å². The molecule has 0 atom stereocenters. The van der Waals surface area contributed by atoms with Gasteiger partial charge < -0.3 is 4.74 Å².